The smallest absolute Gasteiger partial charge is 0.330 e. The third-order valence-electron chi connectivity index (χ3n) is 2.98. The number of aliphatic hydroxyl groups excluding tert-OH is 3. The standard InChI is InChI=1S/C10H13FN2O6/c11-1-4-2-13(10(18)12-8(4)17)9-7(16)6(15)5(3-14)19-9/h2,5-7,9,14-16H,1,3H2,(H,12,17,18)/t5-,6-,7-,9-/m1/s1. The van der Waals surface area contributed by atoms with E-state index >= 15 is 0 Å². The molecule has 0 amide bonds. The largest absolute Gasteiger partial charge is 0.394 e. The third-order valence-corrected chi connectivity index (χ3v) is 2.98. The molecule has 0 radical (unpaired) electrons. The minimum Gasteiger partial charge on any atom is -0.394 e. The minimum atomic E-state index is -1.48. The van der Waals surface area contributed by atoms with Crippen LogP contribution in [-0.4, -0.2) is 49.8 Å². The van der Waals surface area contributed by atoms with Gasteiger partial charge in [0.2, 0.25) is 0 Å². The van der Waals surface area contributed by atoms with E-state index in [9.17, 15) is 24.2 Å². The predicted molar refractivity (Wildman–Crippen MR) is 59.1 cm³/mol. The van der Waals surface area contributed by atoms with Crippen LogP contribution in [0.5, 0.6) is 0 Å². The van der Waals surface area contributed by atoms with Gasteiger partial charge in [-0.3, -0.25) is 14.3 Å². The van der Waals surface area contributed by atoms with Crippen molar-refractivity contribution in [3.05, 3.63) is 32.6 Å². The molecule has 0 aliphatic carbocycles. The van der Waals surface area contributed by atoms with Crippen LogP contribution in [0.15, 0.2) is 15.8 Å². The monoisotopic (exact) mass is 276 g/mol. The molecule has 2 rings (SSSR count). The molecule has 9 heteroatoms. The summed E-state index contributed by atoms with van der Waals surface area (Å²) in [6, 6.07) is 0. The Kier molecular flexibility index (Phi) is 3.80. The molecule has 0 aromatic carbocycles. The van der Waals surface area contributed by atoms with Crippen LogP contribution < -0.4 is 11.2 Å². The zero-order valence-electron chi connectivity index (χ0n) is 9.69. The normalized spacial score (nSPS) is 30.7. The summed E-state index contributed by atoms with van der Waals surface area (Å²) < 4.78 is 18.5. The van der Waals surface area contributed by atoms with Crippen LogP contribution in [0.1, 0.15) is 11.8 Å². The molecule has 19 heavy (non-hydrogen) atoms. The summed E-state index contributed by atoms with van der Waals surface area (Å²) in [6.07, 6.45) is -4.31. The highest BCUT2D eigenvalue weighted by Gasteiger charge is 2.43. The van der Waals surface area contributed by atoms with Gasteiger partial charge in [-0.15, -0.1) is 0 Å². The molecular weight excluding hydrogens is 263 g/mol. The van der Waals surface area contributed by atoms with E-state index in [2.05, 4.69) is 0 Å². The Balaban J connectivity index is 2.43. The van der Waals surface area contributed by atoms with Gasteiger partial charge < -0.3 is 20.1 Å². The van der Waals surface area contributed by atoms with Crippen LogP contribution in [0.3, 0.4) is 0 Å². The number of ether oxygens (including phenoxy) is 1. The molecule has 1 aliphatic heterocycles. The number of aliphatic hydroxyl groups is 3. The second kappa shape index (κ2) is 5.21. The number of hydrogen-bond donors (Lipinski definition) is 4. The highest BCUT2D eigenvalue weighted by atomic mass is 19.1. The molecule has 1 aliphatic rings. The molecule has 0 saturated carbocycles. The highest BCUT2D eigenvalue weighted by Crippen LogP contribution is 2.27. The fraction of sp³-hybridized carbons (Fsp3) is 0.600. The zero-order chi connectivity index (χ0) is 14.2. The number of hydrogen-bond acceptors (Lipinski definition) is 6. The van der Waals surface area contributed by atoms with Crippen molar-refractivity contribution in [1.82, 2.24) is 9.55 Å². The van der Waals surface area contributed by atoms with E-state index in [-0.39, 0.29) is 5.56 Å². The van der Waals surface area contributed by atoms with Gasteiger partial charge in [0.1, 0.15) is 25.0 Å². The Morgan fingerprint density at radius 1 is 1.37 bits per heavy atom. The predicted octanol–water partition coefficient (Wildman–Crippen LogP) is -2.38. The zero-order valence-corrected chi connectivity index (χ0v) is 9.69. The fourth-order valence-corrected chi connectivity index (χ4v) is 1.92. The highest BCUT2D eigenvalue weighted by molar-refractivity contribution is 5.04. The van der Waals surface area contributed by atoms with Gasteiger partial charge in [-0.1, -0.05) is 0 Å². The molecule has 8 nitrogen and oxygen atoms in total. The lowest BCUT2D eigenvalue weighted by atomic mass is 10.1. The molecule has 1 saturated heterocycles. The summed E-state index contributed by atoms with van der Waals surface area (Å²) in [6.45, 7) is -1.65. The van der Waals surface area contributed by atoms with E-state index in [4.69, 9.17) is 9.84 Å². The number of aromatic nitrogens is 2. The van der Waals surface area contributed by atoms with E-state index < -0.39 is 49.1 Å². The summed E-state index contributed by atoms with van der Waals surface area (Å²) >= 11 is 0. The minimum absolute atomic E-state index is 0.308. The Hall–Kier alpha value is -1.55. The van der Waals surface area contributed by atoms with Crippen molar-refractivity contribution < 1.29 is 24.4 Å². The van der Waals surface area contributed by atoms with E-state index in [0.717, 1.165) is 10.8 Å². The first-order chi connectivity index (χ1) is 8.99. The first kappa shape index (κ1) is 13.9. The first-order valence-electron chi connectivity index (χ1n) is 5.52. The number of nitrogens with one attached hydrogen (secondary N) is 1. The topological polar surface area (TPSA) is 125 Å². The third kappa shape index (κ3) is 2.32. The van der Waals surface area contributed by atoms with E-state index in [1.807, 2.05) is 4.98 Å². The molecule has 1 aromatic rings. The Labute approximate surface area is 105 Å². The number of nitrogens with zero attached hydrogens (tertiary/aromatic N) is 1. The number of rotatable bonds is 3. The second-order valence-corrected chi connectivity index (χ2v) is 4.18. The molecule has 4 atom stereocenters. The van der Waals surface area contributed by atoms with Gasteiger partial charge in [0.05, 0.1) is 12.2 Å². The molecular formula is C10H13FN2O6. The maximum absolute atomic E-state index is 12.6. The van der Waals surface area contributed by atoms with Gasteiger partial charge in [0, 0.05) is 6.20 Å². The summed E-state index contributed by atoms with van der Waals surface area (Å²) in [4.78, 5) is 24.7. The number of halogens is 1. The van der Waals surface area contributed by atoms with Crippen LogP contribution in [0, 0.1) is 0 Å². The fourth-order valence-electron chi connectivity index (χ4n) is 1.92. The average Bonchev–Trinajstić information content (AvgIpc) is 2.67. The van der Waals surface area contributed by atoms with Crippen LogP contribution >= 0.6 is 0 Å². The van der Waals surface area contributed by atoms with Gasteiger partial charge in [-0.2, -0.15) is 0 Å². The SMILES string of the molecule is O=c1[nH]c(=O)n([C@@H]2O[C@H](CO)[C@@H](O)[C@H]2O)cc1CF. The molecule has 1 aromatic heterocycles. The number of H-pyrrole nitrogens is 1. The van der Waals surface area contributed by atoms with Crippen molar-refractivity contribution in [3.8, 4) is 0 Å². The van der Waals surface area contributed by atoms with Crippen LogP contribution in [-0.2, 0) is 11.4 Å². The molecule has 0 unspecified atom stereocenters. The Bertz CT molecular complexity index is 570. The summed E-state index contributed by atoms with van der Waals surface area (Å²) in [5, 5.41) is 28.2. The lowest BCUT2D eigenvalue weighted by Gasteiger charge is -2.17. The van der Waals surface area contributed by atoms with Crippen molar-refractivity contribution >= 4 is 0 Å². The van der Waals surface area contributed by atoms with Crippen molar-refractivity contribution in [2.75, 3.05) is 6.61 Å². The van der Waals surface area contributed by atoms with Crippen molar-refractivity contribution in [1.29, 1.82) is 0 Å². The van der Waals surface area contributed by atoms with Crippen molar-refractivity contribution in [2.24, 2.45) is 0 Å². The quantitative estimate of drug-likeness (QED) is 0.488. The summed E-state index contributed by atoms with van der Waals surface area (Å²) in [5.74, 6) is 0. The van der Waals surface area contributed by atoms with Gasteiger partial charge in [0.25, 0.3) is 5.56 Å². The van der Waals surface area contributed by atoms with Gasteiger partial charge >= 0.3 is 5.69 Å². The average molecular weight is 276 g/mol. The van der Waals surface area contributed by atoms with E-state index in [1.54, 1.807) is 0 Å². The lowest BCUT2D eigenvalue weighted by Crippen LogP contribution is -2.38. The van der Waals surface area contributed by atoms with Crippen LogP contribution in [0.4, 0.5) is 4.39 Å². The van der Waals surface area contributed by atoms with E-state index in [0.29, 0.717) is 0 Å². The second-order valence-electron chi connectivity index (χ2n) is 4.18. The Morgan fingerprint density at radius 3 is 2.58 bits per heavy atom. The van der Waals surface area contributed by atoms with E-state index in [1.165, 1.54) is 0 Å². The van der Waals surface area contributed by atoms with Crippen molar-refractivity contribution in [2.45, 2.75) is 31.2 Å². The maximum atomic E-state index is 12.6. The summed E-state index contributed by atoms with van der Waals surface area (Å²) in [7, 11) is 0. The summed E-state index contributed by atoms with van der Waals surface area (Å²) in [5.41, 5.74) is -2.08. The molecule has 106 valence electrons. The van der Waals surface area contributed by atoms with Gasteiger partial charge in [0.15, 0.2) is 6.23 Å². The Morgan fingerprint density at radius 2 is 2.05 bits per heavy atom. The van der Waals surface area contributed by atoms with Gasteiger partial charge in [-0.05, 0) is 0 Å². The number of aromatic amines is 1. The molecule has 2 heterocycles. The molecule has 0 bridgehead atoms. The molecule has 1 fully saturated rings. The number of alkyl halides is 1. The maximum Gasteiger partial charge on any atom is 0.330 e. The lowest BCUT2D eigenvalue weighted by molar-refractivity contribution is -0.0551. The van der Waals surface area contributed by atoms with Crippen LogP contribution in [0.25, 0.3) is 0 Å². The first-order valence-corrected chi connectivity index (χ1v) is 5.52. The van der Waals surface area contributed by atoms with Crippen LogP contribution in [0.2, 0.25) is 0 Å². The molecule has 0 spiro atoms. The molecule has 4 N–H and O–H groups in total. The van der Waals surface area contributed by atoms with Gasteiger partial charge in [-0.25, -0.2) is 9.18 Å². The van der Waals surface area contributed by atoms with Crippen molar-refractivity contribution in [3.63, 3.8) is 0 Å².